The summed E-state index contributed by atoms with van der Waals surface area (Å²) < 4.78 is 61.3. The smallest absolute Gasteiger partial charge is 0.355 e. The van der Waals surface area contributed by atoms with Crippen molar-refractivity contribution in [1.82, 2.24) is 24.4 Å². The Hall–Kier alpha value is -4.52. The molecule has 1 fully saturated rings. The van der Waals surface area contributed by atoms with Gasteiger partial charge in [-0.15, -0.1) is 0 Å². The monoisotopic (exact) mass is 643 g/mol. The van der Waals surface area contributed by atoms with E-state index in [1.165, 1.54) is 6.08 Å². The van der Waals surface area contributed by atoms with Crippen LogP contribution in [0.25, 0.3) is 28.0 Å². The minimum absolute atomic E-state index is 0.0591. The van der Waals surface area contributed by atoms with Crippen LogP contribution in [0.1, 0.15) is 44.9 Å². The Morgan fingerprint density at radius 1 is 1.11 bits per heavy atom. The Balaban J connectivity index is 1.87. The maximum atomic E-state index is 16.0. The maximum Gasteiger partial charge on any atom is 0.355 e. The third kappa shape index (κ3) is 5.18. The van der Waals surface area contributed by atoms with E-state index < -0.39 is 50.9 Å². The van der Waals surface area contributed by atoms with Crippen molar-refractivity contribution in [2.45, 2.75) is 52.6 Å². The number of aromatic nitrogens is 4. The van der Waals surface area contributed by atoms with E-state index in [-0.39, 0.29) is 53.8 Å². The summed E-state index contributed by atoms with van der Waals surface area (Å²) >= 11 is 5.99. The molecule has 2 N–H and O–H groups in total. The lowest BCUT2D eigenvalue weighted by Crippen LogP contribution is -2.58. The average molecular weight is 644 g/mol. The van der Waals surface area contributed by atoms with Crippen molar-refractivity contribution in [3.63, 3.8) is 0 Å². The van der Waals surface area contributed by atoms with Gasteiger partial charge in [-0.05, 0) is 50.5 Å². The number of benzene rings is 1. The number of fused-ring (bicyclic) bond motifs is 1. The van der Waals surface area contributed by atoms with Gasteiger partial charge in [-0.3, -0.25) is 9.78 Å². The summed E-state index contributed by atoms with van der Waals surface area (Å²) in [5.74, 6) is -6.46. The van der Waals surface area contributed by atoms with E-state index in [2.05, 4.69) is 21.5 Å². The predicted octanol–water partition coefficient (Wildman–Crippen LogP) is 5.68. The van der Waals surface area contributed by atoms with Crippen LogP contribution in [0.15, 0.2) is 35.8 Å². The summed E-state index contributed by atoms with van der Waals surface area (Å²) in [6.45, 7) is 13.1. The number of hydrogen-bond acceptors (Lipinski definition) is 7. The summed E-state index contributed by atoms with van der Waals surface area (Å²) in [6, 6.07) is 1.97. The molecule has 236 valence electrons. The summed E-state index contributed by atoms with van der Waals surface area (Å²) in [7, 11) is 0. The largest absolute Gasteiger partial charge is 0.394 e. The van der Waals surface area contributed by atoms with Crippen LogP contribution in [0.2, 0.25) is 5.02 Å². The normalized spacial score (nSPS) is 17.0. The van der Waals surface area contributed by atoms with Crippen molar-refractivity contribution in [1.29, 1.82) is 0 Å². The fraction of sp³-hybridized carbons (Fsp3) is 0.323. The van der Waals surface area contributed by atoms with E-state index in [1.54, 1.807) is 29.0 Å². The van der Waals surface area contributed by atoms with Gasteiger partial charge in [-0.1, -0.05) is 32.0 Å². The molecule has 1 aliphatic heterocycles. The van der Waals surface area contributed by atoms with Gasteiger partial charge in [0.05, 0.1) is 27.4 Å². The molecule has 14 heteroatoms. The highest BCUT2D eigenvalue weighted by molar-refractivity contribution is 6.33. The first kappa shape index (κ1) is 31.9. The van der Waals surface area contributed by atoms with E-state index in [0.717, 1.165) is 10.6 Å². The van der Waals surface area contributed by atoms with Crippen LogP contribution < -0.4 is 16.3 Å². The number of carbonyl (C=O) groups is 1. The second-order valence-corrected chi connectivity index (χ2v) is 11.7. The van der Waals surface area contributed by atoms with Crippen LogP contribution in [0.5, 0.6) is 0 Å². The molecule has 1 saturated heterocycles. The summed E-state index contributed by atoms with van der Waals surface area (Å²) in [6.07, 6.45) is 2.80. The number of rotatable bonds is 5. The molecule has 0 bridgehead atoms. The van der Waals surface area contributed by atoms with Gasteiger partial charge in [0.2, 0.25) is 5.91 Å². The van der Waals surface area contributed by atoms with Gasteiger partial charge in [0, 0.05) is 31.4 Å². The number of nitrogen functional groups attached to an aromatic ring is 1. The number of aryl methyl sites for hydroxylation is 1. The number of nitrogens with zero attached hydrogens (tertiary/aromatic N) is 6. The molecule has 0 radical (unpaired) electrons. The van der Waals surface area contributed by atoms with Gasteiger partial charge in [0.15, 0.2) is 28.9 Å². The maximum absolute atomic E-state index is 16.0. The molecule has 0 unspecified atom stereocenters. The number of piperazine rings is 1. The van der Waals surface area contributed by atoms with Crippen molar-refractivity contribution in [2.24, 2.45) is 0 Å². The number of amides is 1. The molecular formula is C31H30ClF4N7O2. The van der Waals surface area contributed by atoms with Crippen LogP contribution in [0.3, 0.4) is 0 Å². The van der Waals surface area contributed by atoms with Crippen molar-refractivity contribution in [3.05, 3.63) is 81.0 Å². The van der Waals surface area contributed by atoms with Crippen LogP contribution in [0.4, 0.5) is 29.1 Å². The third-order valence-electron chi connectivity index (χ3n) is 7.91. The minimum Gasteiger partial charge on any atom is -0.394 e. The van der Waals surface area contributed by atoms with E-state index >= 15 is 8.78 Å². The fourth-order valence-electron chi connectivity index (χ4n) is 5.90. The van der Waals surface area contributed by atoms with Crippen molar-refractivity contribution >= 4 is 40.0 Å². The van der Waals surface area contributed by atoms with Crippen LogP contribution >= 0.6 is 11.6 Å². The molecule has 4 heterocycles. The van der Waals surface area contributed by atoms with Gasteiger partial charge >= 0.3 is 5.69 Å². The third-order valence-corrected chi connectivity index (χ3v) is 8.26. The topological polar surface area (TPSA) is 110 Å². The fourth-order valence-corrected chi connectivity index (χ4v) is 6.16. The standard InChI is InChI=1S/C31H30ClF4N7O2/c1-7-19(44)42-15(5)11-41(12-16(42)6)29-17-10-18(33)27(20-21(32)23(35)24(36)25(37)22(20)34)39-30(17)43(31(45)40-29)28-14(4)8-9-38-26(28)13(2)3/h7-10,13,15-16H,1,11-12,37H2,2-6H3/t15-,16+. The molecule has 2 atom stereocenters. The Morgan fingerprint density at radius 3 is 2.36 bits per heavy atom. The van der Waals surface area contributed by atoms with Crippen LogP contribution in [-0.4, -0.2) is 55.5 Å². The highest BCUT2D eigenvalue weighted by atomic mass is 35.5. The van der Waals surface area contributed by atoms with Crippen molar-refractivity contribution in [2.75, 3.05) is 23.7 Å². The summed E-state index contributed by atoms with van der Waals surface area (Å²) in [4.78, 5) is 43.1. The molecule has 3 aromatic heterocycles. The Kier molecular flexibility index (Phi) is 8.34. The molecule has 4 aromatic rings. The Morgan fingerprint density at radius 2 is 1.76 bits per heavy atom. The predicted molar refractivity (Wildman–Crippen MR) is 165 cm³/mol. The number of hydrogen-bond donors (Lipinski definition) is 1. The van der Waals surface area contributed by atoms with Gasteiger partial charge in [0.1, 0.15) is 17.2 Å². The highest BCUT2D eigenvalue weighted by Crippen LogP contribution is 2.40. The number of halogens is 5. The van der Waals surface area contributed by atoms with Gasteiger partial charge in [0.25, 0.3) is 0 Å². The van der Waals surface area contributed by atoms with Gasteiger partial charge in [-0.25, -0.2) is 31.9 Å². The highest BCUT2D eigenvalue weighted by Gasteiger charge is 2.35. The zero-order chi connectivity index (χ0) is 33.1. The molecular weight excluding hydrogens is 614 g/mol. The first-order valence-electron chi connectivity index (χ1n) is 14.1. The number of nitrogens with two attached hydrogens (primary N) is 1. The van der Waals surface area contributed by atoms with Crippen LogP contribution in [0, 0.1) is 30.2 Å². The molecule has 9 nitrogen and oxygen atoms in total. The second kappa shape index (κ2) is 11.8. The van der Waals surface area contributed by atoms with E-state index in [9.17, 15) is 18.4 Å². The first-order valence-corrected chi connectivity index (χ1v) is 14.5. The zero-order valence-electron chi connectivity index (χ0n) is 25.1. The van der Waals surface area contributed by atoms with Crippen molar-refractivity contribution < 1.29 is 22.4 Å². The lowest BCUT2D eigenvalue weighted by Gasteiger charge is -2.44. The first-order chi connectivity index (χ1) is 21.2. The number of anilines is 2. The molecule has 0 saturated carbocycles. The van der Waals surface area contributed by atoms with Gasteiger partial charge in [-0.2, -0.15) is 4.98 Å². The quantitative estimate of drug-likeness (QED) is 0.0980. The number of pyridine rings is 2. The SMILES string of the molecule is C=CC(=O)N1[C@H](C)CN(c2nc(=O)n(-c3c(C)ccnc3C(C)C)c3nc(-c4c(F)c(N)c(F)c(F)c4Cl)c(F)cc23)C[C@@H]1C. The molecule has 5 rings (SSSR count). The second-order valence-electron chi connectivity index (χ2n) is 11.4. The number of carbonyl (C=O) groups excluding carboxylic acids is 1. The van der Waals surface area contributed by atoms with E-state index in [0.29, 0.717) is 16.9 Å². The Labute approximate surface area is 261 Å². The van der Waals surface area contributed by atoms with E-state index in [4.69, 9.17) is 17.3 Å². The molecule has 1 amide bonds. The minimum atomic E-state index is -1.73. The molecule has 1 aliphatic rings. The zero-order valence-corrected chi connectivity index (χ0v) is 25.9. The van der Waals surface area contributed by atoms with E-state index in [1.807, 2.05) is 27.7 Å². The lowest BCUT2D eigenvalue weighted by atomic mass is 10.0. The summed E-state index contributed by atoms with van der Waals surface area (Å²) in [5.41, 5.74) is 3.01. The van der Waals surface area contributed by atoms with Crippen molar-refractivity contribution in [3.8, 4) is 16.9 Å². The van der Waals surface area contributed by atoms with Gasteiger partial charge < -0.3 is 15.5 Å². The molecule has 1 aromatic carbocycles. The Bertz CT molecular complexity index is 1910. The molecule has 45 heavy (non-hydrogen) atoms. The molecule has 0 spiro atoms. The average Bonchev–Trinajstić information content (AvgIpc) is 2.99. The lowest BCUT2D eigenvalue weighted by molar-refractivity contribution is -0.130. The van der Waals surface area contributed by atoms with Crippen LogP contribution in [-0.2, 0) is 4.79 Å². The molecule has 0 aliphatic carbocycles. The summed E-state index contributed by atoms with van der Waals surface area (Å²) in [5, 5.41) is -1.01.